The predicted molar refractivity (Wildman–Crippen MR) is 77.6 cm³/mol. The number of aromatic amines is 2. The van der Waals surface area contributed by atoms with Gasteiger partial charge in [0.25, 0.3) is 11.5 Å². The zero-order valence-corrected chi connectivity index (χ0v) is 12.2. The van der Waals surface area contributed by atoms with Crippen LogP contribution in [0.1, 0.15) is 16.1 Å². The van der Waals surface area contributed by atoms with Crippen molar-refractivity contribution in [2.45, 2.75) is 6.54 Å². The van der Waals surface area contributed by atoms with Crippen LogP contribution in [0.2, 0.25) is 0 Å². The summed E-state index contributed by atoms with van der Waals surface area (Å²) in [7, 11) is 1.60. The van der Waals surface area contributed by atoms with Crippen molar-refractivity contribution in [1.29, 1.82) is 0 Å². The summed E-state index contributed by atoms with van der Waals surface area (Å²) in [5.41, 5.74) is -0.387. The second-order valence-corrected chi connectivity index (χ2v) is 5.20. The van der Waals surface area contributed by atoms with E-state index >= 15 is 0 Å². The number of carbonyl (C=O) groups is 1. The maximum Gasteiger partial charge on any atom is 0.326 e. The van der Waals surface area contributed by atoms with Gasteiger partial charge in [-0.3, -0.25) is 14.6 Å². The number of amides is 1. The van der Waals surface area contributed by atoms with Crippen LogP contribution in [0.4, 0.5) is 0 Å². The Hall–Kier alpha value is -2.15. The molecule has 0 unspecified atom stereocenters. The third kappa shape index (κ3) is 3.45. The summed E-state index contributed by atoms with van der Waals surface area (Å²) < 4.78 is 0.953. The van der Waals surface area contributed by atoms with Crippen molar-refractivity contribution in [2.24, 2.45) is 0 Å². The number of aromatic nitrogens is 2. The summed E-state index contributed by atoms with van der Waals surface area (Å²) in [4.78, 5) is 40.2. The molecule has 2 aromatic rings. The van der Waals surface area contributed by atoms with Crippen LogP contribution < -0.4 is 11.2 Å². The lowest BCUT2D eigenvalue weighted by molar-refractivity contribution is 0.0778. The molecule has 0 radical (unpaired) electrons. The van der Waals surface area contributed by atoms with E-state index in [0.717, 1.165) is 16.1 Å². The SMILES string of the molecule is CN(Cc1ccc(Br)cc1)C(=O)c1cc(=O)[nH]c(=O)[nH]1. The molecule has 0 aliphatic heterocycles. The molecule has 2 N–H and O–H groups in total. The topological polar surface area (TPSA) is 86.0 Å². The fourth-order valence-corrected chi connectivity index (χ4v) is 1.99. The minimum atomic E-state index is -0.696. The molecule has 1 amide bonds. The van der Waals surface area contributed by atoms with Gasteiger partial charge in [0.2, 0.25) is 0 Å². The van der Waals surface area contributed by atoms with Gasteiger partial charge < -0.3 is 9.88 Å². The zero-order valence-electron chi connectivity index (χ0n) is 10.6. The van der Waals surface area contributed by atoms with Gasteiger partial charge in [0.1, 0.15) is 5.69 Å². The van der Waals surface area contributed by atoms with Gasteiger partial charge in [-0.05, 0) is 17.7 Å². The number of hydrogen-bond donors (Lipinski definition) is 2. The van der Waals surface area contributed by atoms with Crippen molar-refractivity contribution in [3.8, 4) is 0 Å². The lowest BCUT2D eigenvalue weighted by Crippen LogP contribution is -2.32. The van der Waals surface area contributed by atoms with Gasteiger partial charge in [-0.15, -0.1) is 0 Å². The Morgan fingerprint density at radius 3 is 2.45 bits per heavy atom. The fourth-order valence-electron chi connectivity index (χ4n) is 1.73. The first-order valence-electron chi connectivity index (χ1n) is 5.79. The van der Waals surface area contributed by atoms with Crippen LogP contribution in [0.5, 0.6) is 0 Å². The molecule has 1 aromatic heterocycles. The van der Waals surface area contributed by atoms with E-state index in [1.165, 1.54) is 4.90 Å². The Balaban J connectivity index is 2.18. The molecule has 0 saturated heterocycles. The van der Waals surface area contributed by atoms with Crippen LogP contribution in [-0.2, 0) is 6.54 Å². The molecule has 0 atom stereocenters. The summed E-state index contributed by atoms with van der Waals surface area (Å²) >= 11 is 3.33. The highest BCUT2D eigenvalue weighted by Crippen LogP contribution is 2.12. The summed E-state index contributed by atoms with van der Waals surface area (Å²) in [6, 6.07) is 8.59. The second-order valence-electron chi connectivity index (χ2n) is 4.29. The fraction of sp³-hybridized carbons (Fsp3) is 0.154. The summed E-state index contributed by atoms with van der Waals surface area (Å²) in [5, 5.41) is 0. The second kappa shape index (κ2) is 5.87. The van der Waals surface area contributed by atoms with Gasteiger partial charge in [0.05, 0.1) is 0 Å². The highest BCUT2D eigenvalue weighted by Gasteiger charge is 2.13. The molecule has 104 valence electrons. The first-order chi connectivity index (χ1) is 9.45. The minimum absolute atomic E-state index is 0.0293. The molecule has 0 spiro atoms. The van der Waals surface area contributed by atoms with Crippen LogP contribution in [0.25, 0.3) is 0 Å². The average molecular weight is 338 g/mol. The maximum atomic E-state index is 12.1. The highest BCUT2D eigenvalue weighted by molar-refractivity contribution is 9.10. The molecular weight excluding hydrogens is 326 g/mol. The van der Waals surface area contributed by atoms with Gasteiger partial charge in [-0.2, -0.15) is 0 Å². The Kier molecular flexibility index (Phi) is 4.19. The number of benzene rings is 1. The molecule has 0 saturated carbocycles. The van der Waals surface area contributed by atoms with E-state index in [-0.39, 0.29) is 5.69 Å². The Morgan fingerprint density at radius 1 is 1.20 bits per heavy atom. The highest BCUT2D eigenvalue weighted by atomic mass is 79.9. The Labute approximate surface area is 122 Å². The number of halogens is 1. The number of hydrogen-bond acceptors (Lipinski definition) is 3. The van der Waals surface area contributed by atoms with E-state index in [0.29, 0.717) is 6.54 Å². The molecule has 0 fully saturated rings. The molecule has 20 heavy (non-hydrogen) atoms. The molecular formula is C13H12BrN3O3. The molecule has 1 aromatic carbocycles. The van der Waals surface area contributed by atoms with Crippen LogP contribution in [0, 0.1) is 0 Å². The van der Waals surface area contributed by atoms with Crippen LogP contribution in [0.3, 0.4) is 0 Å². The number of carbonyl (C=O) groups excluding carboxylic acids is 1. The van der Waals surface area contributed by atoms with Crippen molar-refractivity contribution in [1.82, 2.24) is 14.9 Å². The first kappa shape index (κ1) is 14.3. The van der Waals surface area contributed by atoms with Crippen molar-refractivity contribution in [2.75, 3.05) is 7.05 Å². The summed E-state index contributed by atoms with van der Waals surface area (Å²) in [6.07, 6.45) is 0. The molecule has 0 aliphatic rings. The monoisotopic (exact) mass is 337 g/mol. The summed E-state index contributed by atoms with van der Waals surface area (Å²) in [6.45, 7) is 0.376. The van der Waals surface area contributed by atoms with Gasteiger partial charge in [0.15, 0.2) is 0 Å². The standard InChI is InChI=1S/C13H12BrN3O3/c1-17(7-8-2-4-9(14)5-3-8)12(19)10-6-11(18)16-13(20)15-10/h2-6H,7H2,1H3,(H2,15,16,18,20). The largest absolute Gasteiger partial charge is 0.336 e. The van der Waals surface area contributed by atoms with Gasteiger partial charge in [-0.25, -0.2) is 4.79 Å². The smallest absolute Gasteiger partial charge is 0.326 e. The van der Waals surface area contributed by atoms with Crippen LogP contribution in [0.15, 0.2) is 44.4 Å². The van der Waals surface area contributed by atoms with E-state index in [2.05, 4.69) is 20.9 Å². The van der Waals surface area contributed by atoms with Crippen LogP contribution >= 0.6 is 15.9 Å². The third-order valence-electron chi connectivity index (χ3n) is 2.67. The lowest BCUT2D eigenvalue weighted by atomic mass is 10.2. The molecule has 1 heterocycles. The maximum absolute atomic E-state index is 12.1. The van der Waals surface area contributed by atoms with Crippen molar-refractivity contribution >= 4 is 21.8 Å². The number of nitrogens with zero attached hydrogens (tertiary/aromatic N) is 1. The van der Waals surface area contributed by atoms with E-state index in [9.17, 15) is 14.4 Å². The number of H-pyrrole nitrogens is 2. The van der Waals surface area contributed by atoms with E-state index in [1.807, 2.05) is 29.2 Å². The van der Waals surface area contributed by atoms with Crippen LogP contribution in [-0.4, -0.2) is 27.8 Å². The zero-order chi connectivity index (χ0) is 14.7. The van der Waals surface area contributed by atoms with Gasteiger partial charge in [0, 0.05) is 24.1 Å². The molecule has 7 heteroatoms. The van der Waals surface area contributed by atoms with Crippen molar-refractivity contribution in [3.63, 3.8) is 0 Å². The van der Waals surface area contributed by atoms with Crippen molar-refractivity contribution < 1.29 is 4.79 Å². The average Bonchev–Trinajstić information content (AvgIpc) is 2.39. The van der Waals surface area contributed by atoms with E-state index < -0.39 is 17.2 Å². The van der Waals surface area contributed by atoms with Crippen molar-refractivity contribution in [3.05, 3.63) is 66.9 Å². The van der Waals surface area contributed by atoms with E-state index in [4.69, 9.17) is 0 Å². The van der Waals surface area contributed by atoms with E-state index in [1.54, 1.807) is 7.05 Å². The Morgan fingerprint density at radius 2 is 1.85 bits per heavy atom. The summed E-state index contributed by atoms with van der Waals surface area (Å²) in [5.74, 6) is -0.420. The first-order valence-corrected chi connectivity index (χ1v) is 6.58. The molecule has 0 aliphatic carbocycles. The molecule has 2 rings (SSSR count). The normalized spacial score (nSPS) is 10.3. The predicted octanol–water partition coefficient (Wildman–Crippen LogP) is 1.10. The third-order valence-corrected chi connectivity index (χ3v) is 3.20. The minimum Gasteiger partial charge on any atom is -0.336 e. The number of rotatable bonds is 3. The van der Waals surface area contributed by atoms with Gasteiger partial charge in [-0.1, -0.05) is 28.1 Å². The van der Waals surface area contributed by atoms with Gasteiger partial charge >= 0.3 is 5.69 Å². The lowest BCUT2D eigenvalue weighted by Gasteiger charge is -2.16. The molecule has 0 bridgehead atoms. The Bertz CT molecular complexity index is 705. The quantitative estimate of drug-likeness (QED) is 0.879. The number of nitrogens with one attached hydrogen (secondary N) is 2. The molecule has 6 nitrogen and oxygen atoms in total.